The highest BCUT2D eigenvalue weighted by molar-refractivity contribution is 5.91. The third-order valence-corrected chi connectivity index (χ3v) is 6.64. The lowest BCUT2D eigenvalue weighted by Crippen LogP contribution is -2.40. The second kappa shape index (κ2) is 10.5. The fourth-order valence-electron chi connectivity index (χ4n) is 4.96. The number of aryl methyl sites for hydroxylation is 1. The lowest BCUT2D eigenvalue weighted by atomic mass is 9.90. The lowest BCUT2D eigenvalue weighted by molar-refractivity contribution is -0.116. The van der Waals surface area contributed by atoms with Crippen molar-refractivity contribution in [3.05, 3.63) is 65.2 Å². The highest BCUT2D eigenvalue weighted by Gasteiger charge is 2.31. The molecule has 0 bridgehead atoms. The molecule has 2 aromatic rings. The minimum absolute atomic E-state index is 0.0211. The number of benzene rings is 2. The zero-order valence-corrected chi connectivity index (χ0v) is 18.5. The van der Waals surface area contributed by atoms with E-state index in [0.717, 1.165) is 56.6 Å². The fourth-order valence-corrected chi connectivity index (χ4v) is 4.96. The summed E-state index contributed by atoms with van der Waals surface area (Å²) in [5.74, 6) is 0.323. The number of nitrogens with one attached hydrogen (secondary N) is 3. The molecule has 0 aromatic heterocycles. The van der Waals surface area contributed by atoms with Crippen LogP contribution >= 0.6 is 0 Å². The van der Waals surface area contributed by atoms with E-state index in [1.807, 2.05) is 6.07 Å². The first-order valence-electron chi connectivity index (χ1n) is 11.5. The maximum absolute atomic E-state index is 13.7. The molecule has 3 N–H and O–H groups in total. The molecule has 2 aromatic carbocycles. The predicted molar refractivity (Wildman–Crippen MR) is 122 cm³/mol. The summed E-state index contributed by atoms with van der Waals surface area (Å²) in [6.07, 6.45) is 3.57. The number of hydrogen-bond donors (Lipinski definition) is 3. The van der Waals surface area contributed by atoms with Gasteiger partial charge in [0.25, 0.3) is 0 Å². The highest BCUT2D eigenvalue weighted by Crippen LogP contribution is 2.29. The van der Waals surface area contributed by atoms with Crippen molar-refractivity contribution < 1.29 is 13.6 Å². The summed E-state index contributed by atoms with van der Waals surface area (Å²) >= 11 is 0. The summed E-state index contributed by atoms with van der Waals surface area (Å²) in [5, 5.41) is 2.91. The van der Waals surface area contributed by atoms with Crippen LogP contribution in [0.4, 0.5) is 14.5 Å². The normalized spacial score (nSPS) is 23.9. The summed E-state index contributed by atoms with van der Waals surface area (Å²) < 4.78 is 26.9. The molecule has 0 saturated carbocycles. The van der Waals surface area contributed by atoms with E-state index >= 15 is 0 Å². The number of halogens is 2. The Bertz CT molecular complexity index is 938. The van der Waals surface area contributed by atoms with Crippen molar-refractivity contribution in [2.75, 3.05) is 31.5 Å². The third kappa shape index (κ3) is 5.91. The number of nitrogens with zero attached hydrogens (tertiary/aromatic N) is 1. The number of piperidine rings is 1. The molecule has 2 heterocycles. The van der Waals surface area contributed by atoms with Crippen molar-refractivity contribution in [3.8, 4) is 0 Å². The van der Waals surface area contributed by atoms with Crippen LogP contribution in [-0.2, 0) is 4.79 Å². The monoisotopic (exact) mass is 442 g/mol. The first kappa shape index (κ1) is 22.8. The van der Waals surface area contributed by atoms with Crippen molar-refractivity contribution in [3.63, 3.8) is 0 Å². The van der Waals surface area contributed by atoms with Gasteiger partial charge in [-0.25, -0.2) is 14.2 Å². The second-order valence-corrected chi connectivity index (χ2v) is 9.13. The van der Waals surface area contributed by atoms with E-state index in [9.17, 15) is 13.6 Å². The SMILES string of the molecule is Cc1cc(F)ccc1NC(=O)CCC1CCCN(CC2CNNC2c2cccc(F)c2)C1. The van der Waals surface area contributed by atoms with Gasteiger partial charge in [0.15, 0.2) is 0 Å². The Hall–Kier alpha value is -2.35. The molecule has 2 aliphatic heterocycles. The van der Waals surface area contributed by atoms with Gasteiger partial charge < -0.3 is 10.2 Å². The molecule has 3 atom stereocenters. The Kier molecular flexibility index (Phi) is 7.50. The number of anilines is 1. The summed E-state index contributed by atoms with van der Waals surface area (Å²) in [5.41, 5.74) is 8.92. The molecular weight excluding hydrogens is 410 g/mol. The second-order valence-electron chi connectivity index (χ2n) is 9.13. The van der Waals surface area contributed by atoms with Crippen molar-refractivity contribution in [1.29, 1.82) is 0 Å². The van der Waals surface area contributed by atoms with Gasteiger partial charge in [-0.2, -0.15) is 0 Å². The largest absolute Gasteiger partial charge is 0.326 e. The van der Waals surface area contributed by atoms with Gasteiger partial charge >= 0.3 is 0 Å². The number of amides is 1. The maximum Gasteiger partial charge on any atom is 0.224 e. The smallest absolute Gasteiger partial charge is 0.224 e. The van der Waals surface area contributed by atoms with Crippen LogP contribution in [0.15, 0.2) is 42.5 Å². The van der Waals surface area contributed by atoms with E-state index in [4.69, 9.17) is 0 Å². The van der Waals surface area contributed by atoms with Crippen molar-refractivity contribution in [2.24, 2.45) is 11.8 Å². The van der Waals surface area contributed by atoms with E-state index in [1.165, 1.54) is 18.2 Å². The number of carbonyl (C=O) groups is 1. The molecule has 2 fully saturated rings. The molecule has 2 aliphatic rings. The van der Waals surface area contributed by atoms with E-state index in [-0.39, 0.29) is 23.6 Å². The third-order valence-electron chi connectivity index (χ3n) is 6.64. The Balaban J connectivity index is 1.26. The van der Waals surface area contributed by atoms with Crippen LogP contribution in [0.2, 0.25) is 0 Å². The Morgan fingerprint density at radius 3 is 2.84 bits per heavy atom. The molecule has 2 saturated heterocycles. The number of carbonyl (C=O) groups excluding carboxylic acids is 1. The van der Waals surface area contributed by atoms with Crippen molar-refractivity contribution in [1.82, 2.24) is 15.8 Å². The molecule has 172 valence electrons. The number of rotatable bonds is 7. The minimum atomic E-state index is -0.296. The Morgan fingerprint density at radius 1 is 1.19 bits per heavy atom. The van der Waals surface area contributed by atoms with Gasteiger partial charge in [-0.1, -0.05) is 12.1 Å². The minimum Gasteiger partial charge on any atom is -0.326 e. The van der Waals surface area contributed by atoms with Gasteiger partial charge in [-0.05, 0) is 80.1 Å². The van der Waals surface area contributed by atoms with Gasteiger partial charge in [0.05, 0.1) is 6.04 Å². The molecule has 1 amide bonds. The number of hydrogen-bond acceptors (Lipinski definition) is 4. The molecule has 0 radical (unpaired) electrons. The van der Waals surface area contributed by atoms with Crippen LogP contribution in [0.5, 0.6) is 0 Å². The topological polar surface area (TPSA) is 56.4 Å². The lowest BCUT2D eigenvalue weighted by Gasteiger charge is -2.35. The average molecular weight is 443 g/mol. The molecule has 0 spiro atoms. The van der Waals surface area contributed by atoms with Crippen LogP contribution in [-0.4, -0.2) is 37.0 Å². The number of hydrazine groups is 1. The van der Waals surface area contributed by atoms with Crippen LogP contribution in [0.25, 0.3) is 0 Å². The first-order valence-corrected chi connectivity index (χ1v) is 11.5. The van der Waals surface area contributed by atoms with Crippen LogP contribution < -0.4 is 16.2 Å². The Labute approximate surface area is 188 Å². The molecule has 7 heteroatoms. The van der Waals surface area contributed by atoms with Gasteiger partial charge in [0.1, 0.15) is 11.6 Å². The highest BCUT2D eigenvalue weighted by atomic mass is 19.1. The standard InChI is InChI=1S/C25H32F2N4O/c1-17-12-22(27)8-9-23(17)29-24(32)10-7-18-4-3-11-31(15-18)16-20-14-28-30-25(20)19-5-2-6-21(26)13-19/h2,5-6,8-9,12-13,18,20,25,28,30H,3-4,7,10-11,14-16H2,1H3,(H,29,32). The predicted octanol–water partition coefficient (Wildman–Crippen LogP) is 4.17. The van der Waals surface area contributed by atoms with E-state index < -0.39 is 0 Å². The molecule has 0 aliphatic carbocycles. The van der Waals surface area contributed by atoms with E-state index in [1.54, 1.807) is 25.1 Å². The Morgan fingerprint density at radius 2 is 2.03 bits per heavy atom. The fraction of sp³-hybridized carbons (Fsp3) is 0.480. The molecular formula is C25H32F2N4O. The summed E-state index contributed by atoms with van der Waals surface area (Å²) in [6.45, 7) is 5.63. The van der Waals surface area contributed by atoms with Crippen LogP contribution in [0.1, 0.15) is 42.9 Å². The molecule has 5 nitrogen and oxygen atoms in total. The molecule has 32 heavy (non-hydrogen) atoms. The average Bonchev–Trinajstić information content (AvgIpc) is 3.23. The summed E-state index contributed by atoms with van der Waals surface area (Å²) in [6, 6.07) is 11.3. The summed E-state index contributed by atoms with van der Waals surface area (Å²) in [7, 11) is 0. The maximum atomic E-state index is 13.7. The van der Waals surface area contributed by atoms with Gasteiger partial charge in [0.2, 0.25) is 5.91 Å². The van der Waals surface area contributed by atoms with Crippen LogP contribution in [0, 0.1) is 30.4 Å². The van der Waals surface area contributed by atoms with Gasteiger partial charge in [-0.15, -0.1) is 0 Å². The number of likely N-dealkylation sites (tertiary alicyclic amines) is 1. The quantitative estimate of drug-likeness (QED) is 0.603. The summed E-state index contributed by atoms with van der Waals surface area (Å²) in [4.78, 5) is 14.9. The molecule has 3 unspecified atom stereocenters. The van der Waals surface area contributed by atoms with E-state index in [2.05, 4.69) is 21.1 Å². The zero-order chi connectivity index (χ0) is 22.5. The van der Waals surface area contributed by atoms with Gasteiger partial charge in [-0.3, -0.25) is 10.2 Å². The van der Waals surface area contributed by atoms with Gasteiger partial charge in [0, 0.05) is 37.7 Å². The van der Waals surface area contributed by atoms with Crippen LogP contribution in [0.3, 0.4) is 0 Å². The molecule has 4 rings (SSSR count). The first-order chi connectivity index (χ1) is 15.5. The van der Waals surface area contributed by atoms with Crippen molar-refractivity contribution in [2.45, 2.75) is 38.6 Å². The van der Waals surface area contributed by atoms with E-state index in [0.29, 0.717) is 23.9 Å². The zero-order valence-electron chi connectivity index (χ0n) is 18.5. The van der Waals surface area contributed by atoms with Crippen molar-refractivity contribution >= 4 is 11.6 Å².